The topological polar surface area (TPSA) is 22.1 Å². The van der Waals surface area contributed by atoms with Crippen molar-refractivity contribution in [2.75, 3.05) is 7.11 Å². The number of nitrogens with zero attached hydrogens (tertiary/aromatic N) is 1. The van der Waals surface area contributed by atoms with Gasteiger partial charge in [-0.25, -0.2) is 4.98 Å². The van der Waals surface area contributed by atoms with Crippen LogP contribution in [-0.4, -0.2) is 12.1 Å². The van der Waals surface area contributed by atoms with Gasteiger partial charge in [-0.3, -0.25) is 0 Å². The van der Waals surface area contributed by atoms with Crippen LogP contribution in [0.5, 0.6) is 5.75 Å². The van der Waals surface area contributed by atoms with Crippen LogP contribution >= 0.6 is 23.1 Å². The molecule has 1 heterocycles. The molecule has 136 valence electrons. The van der Waals surface area contributed by atoms with Crippen LogP contribution in [0.15, 0.2) is 53.9 Å². The molecule has 2 aromatic carbocycles. The Bertz CT molecular complexity index is 842. The monoisotopic (exact) mass is 395 g/mol. The molecule has 0 atom stereocenters. The Labute approximate surface area is 158 Å². The first-order chi connectivity index (χ1) is 12.5. The number of hydrogen-bond donors (Lipinski definition) is 0. The lowest BCUT2D eigenvalue weighted by atomic mass is 10.1. The first-order valence-electron chi connectivity index (χ1n) is 7.78. The van der Waals surface area contributed by atoms with E-state index < -0.39 is 11.7 Å². The summed E-state index contributed by atoms with van der Waals surface area (Å²) in [5, 5.41) is 2.69. The molecule has 0 spiro atoms. The standard InChI is InChI=1S/C19H16F3NOS2/c1-24-17-8-2-13(3-9-17)10-25-11-16-12-26-18(23-16)14-4-6-15(7-5-14)19(20,21)22/h2-9,12H,10-11H2,1H3. The lowest BCUT2D eigenvalue weighted by Crippen LogP contribution is -2.03. The second kappa shape index (κ2) is 8.14. The third-order valence-corrected chi connectivity index (χ3v) is 5.67. The maximum absolute atomic E-state index is 12.6. The minimum absolute atomic E-state index is 0.645. The van der Waals surface area contributed by atoms with Crippen molar-refractivity contribution in [1.29, 1.82) is 0 Å². The molecule has 3 rings (SSSR count). The van der Waals surface area contributed by atoms with Crippen molar-refractivity contribution in [2.45, 2.75) is 17.7 Å². The smallest absolute Gasteiger partial charge is 0.416 e. The fourth-order valence-corrected chi connectivity index (χ4v) is 4.12. The van der Waals surface area contributed by atoms with Crippen LogP contribution in [-0.2, 0) is 17.7 Å². The van der Waals surface area contributed by atoms with Crippen molar-refractivity contribution in [1.82, 2.24) is 4.98 Å². The zero-order valence-corrected chi connectivity index (χ0v) is 15.5. The summed E-state index contributed by atoms with van der Waals surface area (Å²) in [7, 11) is 1.64. The maximum atomic E-state index is 12.6. The molecule has 0 bridgehead atoms. The molecular formula is C19H16F3NOS2. The molecule has 0 fully saturated rings. The van der Waals surface area contributed by atoms with E-state index in [1.807, 2.05) is 29.6 Å². The molecule has 0 unspecified atom stereocenters. The summed E-state index contributed by atoms with van der Waals surface area (Å²) in [5.41, 5.74) is 2.19. The van der Waals surface area contributed by atoms with Gasteiger partial charge in [0.2, 0.25) is 0 Å². The largest absolute Gasteiger partial charge is 0.497 e. The number of hydrogen-bond acceptors (Lipinski definition) is 4. The maximum Gasteiger partial charge on any atom is 0.416 e. The number of thiazole rings is 1. The molecule has 0 saturated heterocycles. The fourth-order valence-electron chi connectivity index (χ4n) is 2.30. The molecule has 0 aliphatic carbocycles. The molecule has 0 radical (unpaired) electrons. The van der Waals surface area contributed by atoms with Crippen LogP contribution in [0.4, 0.5) is 13.2 Å². The highest BCUT2D eigenvalue weighted by Crippen LogP contribution is 2.32. The highest BCUT2D eigenvalue weighted by molar-refractivity contribution is 7.97. The van der Waals surface area contributed by atoms with E-state index in [-0.39, 0.29) is 0 Å². The summed E-state index contributed by atoms with van der Waals surface area (Å²) in [6.45, 7) is 0. The molecular weight excluding hydrogens is 379 g/mol. The minimum atomic E-state index is -4.31. The molecule has 26 heavy (non-hydrogen) atoms. The van der Waals surface area contributed by atoms with Crippen molar-refractivity contribution in [3.05, 3.63) is 70.7 Å². The number of rotatable bonds is 6. The van der Waals surface area contributed by atoms with E-state index in [1.165, 1.54) is 29.0 Å². The first-order valence-corrected chi connectivity index (χ1v) is 9.82. The predicted octanol–water partition coefficient (Wildman–Crippen LogP) is 6.27. The number of alkyl halides is 3. The zero-order valence-electron chi connectivity index (χ0n) is 13.9. The molecule has 0 N–H and O–H groups in total. The highest BCUT2D eigenvalue weighted by Gasteiger charge is 2.30. The Morgan fingerprint density at radius 2 is 1.69 bits per heavy atom. The second-order valence-corrected chi connectivity index (χ2v) is 7.40. The SMILES string of the molecule is COc1ccc(CSCc2csc(-c3ccc(C(F)(F)F)cc3)n2)cc1. The van der Waals surface area contributed by atoms with Gasteiger partial charge in [-0.1, -0.05) is 24.3 Å². The lowest BCUT2D eigenvalue weighted by Gasteiger charge is -2.06. The molecule has 1 aromatic heterocycles. The van der Waals surface area contributed by atoms with E-state index >= 15 is 0 Å². The molecule has 0 aliphatic heterocycles. The molecule has 0 amide bonds. The number of halogens is 3. The third-order valence-electron chi connectivity index (χ3n) is 3.69. The molecule has 0 aliphatic rings. The van der Waals surface area contributed by atoms with Gasteiger partial charge in [0.05, 0.1) is 18.4 Å². The summed E-state index contributed by atoms with van der Waals surface area (Å²) in [6.07, 6.45) is -4.31. The van der Waals surface area contributed by atoms with Gasteiger partial charge in [0.1, 0.15) is 10.8 Å². The fraction of sp³-hybridized carbons (Fsp3) is 0.211. The number of thioether (sulfide) groups is 1. The van der Waals surface area contributed by atoms with Crippen molar-refractivity contribution in [3.8, 4) is 16.3 Å². The quantitative estimate of drug-likeness (QED) is 0.491. The van der Waals surface area contributed by atoms with E-state index in [4.69, 9.17) is 4.74 Å². The summed E-state index contributed by atoms with van der Waals surface area (Å²) in [5.74, 6) is 2.44. The lowest BCUT2D eigenvalue weighted by molar-refractivity contribution is -0.137. The van der Waals surface area contributed by atoms with Crippen molar-refractivity contribution < 1.29 is 17.9 Å². The van der Waals surface area contributed by atoms with Gasteiger partial charge in [-0.15, -0.1) is 11.3 Å². The van der Waals surface area contributed by atoms with Gasteiger partial charge in [-0.05, 0) is 29.8 Å². The van der Waals surface area contributed by atoms with E-state index in [0.717, 1.165) is 40.1 Å². The van der Waals surface area contributed by atoms with Gasteiger partial charge >= 0.3 is 6.18 Å². The van der Waals surface area contributed by atoms with Gasteiger partial charge in [-0.2, -0.15) is 24.9 Å². The van der Waals surface area contributed by atoms with E-state index in [9.17, 15) is 13.2 Å². The highest BCUT2D eigenvalue weighted by atomic mass is 32.2. The molecule has 3 aromatic rings. The second-order valence-electron chi connectivity index (χ2n) is 5.56. The zero-order chi connectivity index (χ0) is 18.6. The van der Waals surface area contributed by atoms with Crippen LogP contribution in [0, 0.1) is 0 Å². The normalized spacial score (nSPS) is 11.5. The van der Waals surface area contributed by atoms with Gasteiger partial charge in [0.25, 0.3) is 0 Å². The first kappa shape index (κ1) is 18.8. The predicted molar refractivity (Wildman–Crippen MR) is 101 cm³/mol. The minimum Gasteiger partial charge on any atom is -0.497 e. The van der Waals surface area contributed by atoms with E-state index in [2.05, 4.69) is 4.98 Å². The number of benzene rings is 2. The summed E-state index contributed by atoms with van der Waals surface area (Å²) >= 11 is 3.19. The Kier molecular flexibility index (Phi) is 5.88. The summed E-state index contributed by atoms with van der Waals surface area (Å²) in [6, 6.07) is 13.0. The van der Waals surface area contributed by atoms with Gasteiger partial charge in [0, 0.05) is 22.4 Å². The van der Waals surface area contributed by atoms with Crippen LogP contribution in [0.3, 0.4) is 0 Å². The number of methoxy groups -OCH3 is 1. The molecule has 7 heteroatoms. The van der Waals surface area contributed by atoms with Crippen LogP contribution in [0.2, 0.25) is 0 Å². The number of ether oxygens (including phenoxy) is 1. The molecule has 0 saturated carbocycles. The Balaban J connectivity index is 1.57. The Hall–Kier alpha value is -1.99. The average Bonchev–Trinajstić information content (AvgIpc) is 3.11. The van der Waals surface area contributed by atoms with E-state index in [1.54, 1.807) is 18.9 Å². The van der Waals surface area contributed by atoms with E-state index in [0.29, 0.717) is 5.56 Å². The van der Waals surface area contributed by atoms with Gasteiger partial charge < -0.3 is 4.74 Å². The number of aromatic nitrogens is 1. The van der Waals surface area contributed by atoms with Crippen molar-refractivity contribution in [3.63, 3.8) is 0 Å². The Morgan fingerprint density at radius 1 is 1.00 bits per heavy atom. The van der Waals surface area contributed by atoms with Crippen LogP contribution in [0.25, 0.3) is 10.6 Å². The van der Waals surface area contributed by atoms with Crippen molar-refractivity contribution >= 4 is 23.1 Å². The summed E-state index contributed by atoms with van der Waals surface area (Å²) in [4.78, 5) is 4.53. The molecule has 2 nitrogen and oxygen atoms in total. The Morgan fingerprint density at radius 3 is 2.31 bits per heavy atom. The summed E-state index contributed by atoms with van der Waals surface area (Å²) < 4.78 is 43.0. The van der Waals surface area contributed by atoms with Crippen LogP contribution in [0.1, 0.15) is 16.8 Å². The average molecular weight is 395 g/mol. The third kappa shape index (κ3) is 4.80. The van der Waals surface area contributed by atoms with Crippen molar-refractivity contribution in [2.24, 2.45) is 0 Å². The van der Waals surface area contributed by atoms with Gasteiger partial charge in [0.15, 0.2) is 0 Å². The van der Waals surface area contributed by atoms with Crippen LogP contribution < -0.4 is 4.74 Å².